The summed E-state index contributed by atoms with van der Waals surface area (Å²) in [5.74, 6) is -0.881. The standard InChI is InChI=1S/C9H10F3N3O/c10-9(11,12)6-2-1-4-14-8(6)15-5-3-7(13)16/h1-2,4H,3,5H2,(H2,13,16)(H,14,15). The summed E-state index contributed by atoms with van der Waals surface area (Å²) < 4.78 is 37.4. The van der Waals surface area contributed by atoms with Crippen molar-refractivity contribution in [2.24, 2.45) is 5.73 Å². The van der Waals surface area contributed by atoms with E-state index in [0.717, 1.165) is 6.07 Å². The van der Waals surface area contributed by atoms with E-state index in [0.29, 0.717) is 0 Å². The van der Waals surface area contributed by atoms with Gasteiger partial charge in [-0.05, 0) is 12.1 Å². The van der Waals surface area contributed by atoms with Crippen LogP contribution in [0.5, 0.6) is 0 Å². The second kappa shape index (κ2) is 4.82. The number of amides is 1. The number of carbonyl (C=O) groups is 1. The van der Waals surface area contributed by atoms with Gasteiger partial charge < -0.3 is 11.1 Å². The molecule has 1 aromatic heterocycles. The van der Waals surface area contributed by atoms with Gasteiger partial charge in [0.25, 0.3) is 0 Å². The minimum absolute atomic E-state index is 0.0232. The maximum absolute atomic E-state index is 12.5. The Morgan fingerprint density at radius 1 is 1.50 bits per heavy atom. The molecule has 1 aromatic rings. The first-order chi connectivity index (χ1) is 7.41. The van der Waals surface area contributed by atoms with Crippen LogP contribution in [0.4, 0.5) is 19.0 Å². The van der Waals surface area contributed by atoms with Gasteiger partial charge in [-0.3, -0.25) is 4.79 Å². The van der Waals surface area contributed by atoms with Gasteiger partial charge in [0.1, 0.15) is 5.82 Å². The van der Waals surface area contributed by atoms with E-state index >= 15 is 0 Å². The largest absolute Gasteiger partial charge is 0.419 e. The molecule has 0 fully saturated rings. The molecule has 1 heterocycles. The van der Waals surface area contributed by atoms with Crippen LogP contribution in [0.3, 0.4) is 0 Å². The SMILES string of the molecule is NC(=O)CCNc1ncccc1C(F)(F)F. The molecule has 0 bridgehead atoms. The van der Waals surface area contributed by atoms with Crippen molar-refractivity contribution in [2.45, 2.75) is 12.6 Å². The highest BCUT2D eigenvalue weighted by molar-refractivity contribution is 5.74. The molecule has 0 atom stereocenters. The van der Waals surface area contributed by atoms with Crippen LogP contribution in [0.2, 0.25) is 0 Å². The van der Waals surface area contributed by atoms with E-state index in [9.17, 15) is 18.0 Å². The zero-order chi connectivity index (χ0) is 12.2. The van der Waals surface area contributed by atoms with Crippen LogP contribution >= 0.6 is 0 Å². The zero-order valence-corrected chi connectivity index (χ0v) is 8.21. The van der Waals surface area contributed by atoms with Crippen LogP contribution in [-0.2, 0) is 11.0 Å². The van der Waals surface area contributed by atoms with Crippen molar-refractivity contribution in [1.29, 1.82) is 0 Å². The molecule has 0 saturated carbocycles. The fraction of sp³-hybridized carbons (Fsp3) is 0.333. The average molecular weight is 233 g/mol. The molecule has 0 radical (unpaired) electrons. The Morgan fingerprint density at radius 2 is 2.19 bits per heavy atom. The van der Waals surface area contributed by atoms with Gasteiger partial charge in [0.2, 0.25) is 5.91 Å². The predicted octanol–water partition coefficient (Wildman–Crippen LogP) is 1.39. The first-order valence-electron chi connectivity index (χ1n) is 4.45. The Hall–Kier alpha value is -1.79. The van der Waals surface area contributed by atoms with Crippen molar-refractivity contribution in [3.05, 3.63) is 23.9 Å². The molecular weight excluding hydrogens is 223 g/mol. The topological polar surface area (TPSA) is 68.0 Å². The Balaban J connectivity index is 2.76. The van der Waals surface area contributed by atoms with E-state index in [4.69, 9.17) is 5.73 Å². The zero-order valence-electron chi connectivity index (χ0n) is 8.21. The molecule has 0 saturated heterocycles. The van der Waals surface area contributed by atoms with E-state index in [1.54, 1.807) is 0 Å². The van der Waals surface area contributed by atoms with E-state index in [1.165, 1.54) is 12.3 Å². The van der Waals surface area contributed by atoms with Gasteiger partial charge in [-0.15, -0.1) is 0 Å². The van der Waals surface area contributed by atoms with Gasteiger partial charge in [-0.2, -0.15) is 13.2 Å². The second-order valence-corrected chi connectivity index (χ2v) is 3.04. The van der Waals surface area contributed by atoms with Crippen LogP contribution in [-0.4, -0.2) is 17.4 Å². The molecule has 16 heavy (non-hydrogen) atoms. The van der Waals surface area contributed by atoms with Gasteiger partial charge in [-0.1, -0.05) is 0 Å². The molecule has 88 valence electrons. The molecule has 0 aliphatic carbocycles. The van der Waals surface area contributed by atoms with Crippen molar-refractivity contribution in [3.8, 4) is 0 Å². The summed E-state index contributed by atoms with van der Waals surface area (Å²) in [6.07, 6.45) is -3.28. The molecule has 1 rings (SSSR count). The van der Waals surface area contributed by atoms with Crippen LogP contribution < -0.4 is 11.1 Å². The quantitative estimate of drug-likeness (QED) is 0.825. The van der Waals surface area contributed by atoms with Crippen LogP contribution in [0.1, 0.15) is 12.0 Å². The molecule has 0 spiro atoms. The van der Waals surface area contributed by atoms with Crippen molar-refractivity contribution in [2.75, 3.05) is 11.9 Å². The highest BCUT2D eigenvalue weighted by atomic mass is 19.4. The summed E-state index contributed by atoms with van der Waals surface area (Å²) in [6, 6.07) is 2.11. The maximum atomic E-state index is 12.5. The lowest BCUT2D eigenvalue weighted by molar-refractivity contribution is -0.137. The van der Waals surface area contributed by atoms with Crippen LogP contribution in [0, 0.1) is 0 Å². The molecule has 3 N–H and O–H groups in total. The van der Waals surface area contributed by atoms with Crippen LogP contribution in [0.15, 0.2) is 18.3 Å². The average Bonchev–Trinajstić information content (AvgIpc) is 2.16. The lowest BCUT2D eigenvalue weighted by atomic mass is 10.2. The van der Waals surface area contributed by atoms with Gasteiger partial charge >= 0.3 is 6.18 Å². The summed E-state index contributed by atoms with van der Waals surface area (Å²) in [4.78, 5) is 14.0. The Bertz CT molecular complexity index is 379. The van der Waals surface area contributed by atoms with E-state index < -0.39 is 17.6 Å². The number of alkyl halides is 3. The third-order valence-corrected chi connectivity index (χ3v) is 1.78. The predicted molar refractivity (Wildman–Crippen MR) is 51.5 cm³/mol. The summed E-state index contributed by atoms with van der Waals surface area (Å²) >= 11 is 0. The first-order valence-corrected chi connectivity index (χ1v) is 4.45. The number of primary amides is 1. The lowest BCUT2D eigenvalue weighted by Crippen LogP contribution is -2.18. The Kier molecular flexibility index (Phi) is 3.70. The lowest BCUT2D eigenvalue weighted by Gasteiger charge is -2.12. The minimum atomic E-state index is -4.47. The third-order valence-electron chi connectivity index (χ3n) is 1.78. The number of carbonyl (C=O) groups excluding carboxylic acids is 1. The number of anilines is 1. The minimum Gasteiger partial charge on any atom is -0.370 e. The highest BCUT2D eigenvalue weighted by Crippen LogP contribution is 2.33. The molecule has 0 aliphatic rings. The van der Waals surface area contributed by atoms with Crippen molar-refractivity contribution >= 4 is 11.7 Å². The molecule has 0 aliphatic heterocycles. The number of nitrogens with two attached hydrogens (primary N) is 1. The van der Waals surface area contributed by atoms with Gasteiger partial charge in [0.15, 0.2) is 0 Å². The normalized spacial score (nSPS) is 11.2. The second-order valence-electron chi connectivity index (χ2n) is 3.04. The molecule has 0 unspecified atom stereocenters. The van der Waals surface area contributed by atoms with E-state index in [2.05, 4.69) is 10.3 Å². The van der Waals surface area contributed by atoms with Crippen molar-refractivity contribution in [1.82, 2.24) is 4.98 Å². The Labute approximate surface area is 89.7 Å². The molecule has 4 nitrogen and oxygen atoms in total. The molecule has 7 heteroatoms. The van der Waals surface area contributed by atoms with E-state index in [1.807, 2.05) is 0 Å². The smallest absolute Gasteiger partial charge is 0.370 e. The summed E-state index contributed by atoms with van der Waals surface area (Å²) in [5, 5.41) is 2.42. The fourth-order valence-electron chi connectivity index (χ4n) is 1.08. The number of hydrogen-bond donors (Lipinski definition) is 2. The van der Waals surface area contributed by atoms with Gasteiger partial charge in [-0.25, -0.2) is 4.98 Å². The molecule has 0 aromatic carbocycles. The van der Waals surface area contributed by atoms with E-state index in [-0.39, 0.29) is 18.8 Å². The first kappa shape index (κ1) is 12.3. The number of rotatable bonds is 4. The number of pyridine rings is 1. The number of halogens is 3. The number of nitrogens with one attached hydrogen (secondary N) is 1. The molecule has 1 amide bonds. The fourth-order valence-corrected chi connectivity index (χ4v) is 1.08. The van der Waals surface area contributed by atoms with Gasteiger partial charge in [0, 0.05) is 19.2 Å². The number of aromatic nitrogens is 1. The third kappa shape index (κ3) is 3.41. The monoisotopic (exact) mass is 233 g/mol. The van der Waals surface area contributed by atoms with Crippen LogP contribution in [0.25, 0.3) is 0 Å². The highest BCUT2D eigenvalue weighted by Gasteiger charge is 2.33. The summed E-state index contributed by atoms with van der Waals surface area (Å²) in [5.41, 5.74) is 4.00. The van der Waals surface area contributed by atoms with Gasteiger partial charge in [0.05, 0.1) is 5.56 Å². The summed E-state index contributed by atoms with van der Waals surface area (Å²) in [7, 11) is 0. The Morgan fingerprint density at radius 3 is 2.75 bits per heavy atom. The molecular formula is C9H10F3N3O. The number of nitrogens with zero attached hydrogens (tertiary/aromatic N) is 1. The van der Waals surface area contributed by atoms with Crippen molar-refractivity contribution in [3.63, 3.8) is 0 Å². The maximum Gasteiger partial charge on any atom is 0.419 e. The van der Waals surface area contributed by atoms with Crippen molar-refractivity contribution < 1.29 is 18.0 Å². The number of hydrogen-bond acceptors (Lipinski definition) is 3. The summed E-state index contributed by atoms with van der Waals surface area (Å²) in [6.45, 7) is 0.0232.